The molecule has 5 nitrogen and oxygen atoms in total. The van der Waals surface area contributed by atoms with E-state index in [1.165, 1.54) is 11.1 Å². The van der Waals surface area contributed by atoms with Gasteiger partial charge in [-0.2, -0.15) is 4.98 Å². The van der Waals surface area contributed by atoms with Crippen LogP contribution in [0.15, 0.2) is 47.1 Å². The molecule has 4 rings (SSSR count). The highest BCUT2D eigenvalue weighted by Crippen LogP contribution is 2.28. The van der Waals surface area contributed by atoms with Crippen molar-refractivity contribution in [1.29, 1.82) is 0 Å². The van der Waals surface area contributed by atoms with Crippen molar-refractivity contribution in [2.75, 3.05) is 6.54 Å². The van der Waals surface area contributed by atoms with Gasteiger partial charge in [-0.15, -0.1) is 0 Å². The number of pyridine rings is 1. The summed E-state index contributed by atoms with van der Waals surface area (Å²) in [6.45, 7) is 1.87. The van der Waals surface area contributed by atoms with Crippen molar-refractivity contribution in [3.63, 3.8) is 0 Å². The molecule has 0 aliphatic carbocycles. The minimum absolute atomic E-state index is 0.525. The Bertz CT molecular complexity index is 767. The average molecular weight is 278 g/mol. The maximum Gasteiger partial charge on any atom is 0.258 e. The van der Waals surface area contributed by atoms with Crippen molar-refractivity contribution in [1.82, 2.24) is 20.4 Å². The van der Waals surface area contributed by atoms with Gasteiger partial charge in [0.15, 0.2) is 0 Å². The van der Waals surface area contributed by atoms with Gasteiger partial charge < -0.3 is 9.84 Å². The van der Waals surface area contributed by atoms with Crippen LogP contribution >= 0.6 is 0 Å². The van der Waals surface area contributed by atoms with Gasteiger partial charge in [-0.3, -0.25) is 4.98 Å². The summed E-state index contributed by atoms with van der Waals surface area (Å²) in [6.07, 6.45) is 2.70. The van der Waals surface area contributed by atoms with Crippen LogP contribution in [0.1, 0.15) is 11.1 Å². The maximum atomic E-state index is 5.45. The molecule has 0 spiro atoms. The van der Waals surface area contributed by atoms with E-state index in [0.29, 0.717) is 11.7 Å². The van der Waals surface area contributed by atoms with Crippen molar-refractivity contribution in [2.45, 2.75) is 13.0 Å². The molecule has 3 aromatic rings. The van der Waals surface area contributed by atoms with E-state index in [9.17, 15) is 0 Å². The Morgan fingerprint density at radius 1 is 1.10 bits per heavy atom. The van der Waals surface area contributed by atoms with E-state index >= 15 is 0 Å². The molecule has 21 heavy (non-hydrogen) atoms. The molecule has 1 aliphatic rings. The molecule has 3 heterocycles. The van der Waals surface area contributed by atoms with Gasteiger partial charge in [0, 0.05) is 18.3 Å². The Morgan fingerprint density at radius 3 is 3.00 bits per heavy atom. The largest absolute Gasteiger partial charge is 0.334 e. The van der Waals surface area contributed by atoms with E-state index < -0.39 is 0 Å². The zero-order chi connectivity index (χ0) is 14.1. The van der Waals surface area contributed by atoms with E-state index in [-0.39, 0.29) is 0 Å². The lowest BCUT2D eigenvalue weighted by atomic mass is 9.95. The minimum Gasteiger partial charge on any atom is -0.334 e. The summed E-state index contributed by atoms with van der Waals surface area (Å²) in [5.41, 5.74) is 4.35. The molecule has 104 valence electrons. The molecule has 1 N–H and O–H groups in total. The van der Waals surface area contributed by atoms with Crippen LogP contribution in [0.4, 0.5) is 0 Å². The number of hydrogen-bond acceptors (Lipinski definition) is 5. The molecule has 0 radical (unpaired) electrons. The van der Waals surface area contributed by atoms with Gasteiger partial charge in [-0.25, -0.2) is 0 Å². The predicted octanol–water partition coefficient (Wildman–Crippen LogP) is 2.44. The number of nitrogens with zero attached hydrogens (tertiary/aromatic N) is 3. The second kappa shape index (κ2) is 5.10. The smallest absolute Gasteiger partial charge is 0.258 e. The molecule has 0 fully saturated rings. The highest BCUT2D eigenvalue weighted by molar-refractivity contribution is 5.63. The van der Waals surface area contributed by atoms with Crippen LogP contribution in [-0.2, 0) is 13.0 Å². The summed E-state index contributed by atoms with van der Waals surface area (Å²) in [6, 6.07) is 11.9. The topological polar surface area (TPSA) is 63.8 Å². The first-order valence-electron chi connectivity index (χ1n) is 6.99. The van der Waals surface area contributed by atoms with E-state index in [2.05, 4.69) is 26.5 Å². The molecule has 0 saturated carbocycles. The third-order valence-electron chi connectivity index (χ3n) is 3.69. The Labute approximate surface area is 122 Å². The van der Waals surface area contributed by atoms with Gasteiger partial charge >= 0.3 is 0 Å². The summed E-state index contributed by atoms with van der Waals surface area (Å²) in [5.74, 6) is 1.09. The number of aromatic nitrogens is 3. The number of fused-ring (bicyclic) bond motifs is 1. The van der Waals surface area contributed by atoms with E-state index in [1.807, 2.05) is 30.3 Å². The summed E-state index contributed by atoms with van der Waals surface area (Å²) in [7, 11) is 0. The van der Waals surface area contributed by atoms with Crippen LogP contribution < -0.4 is 5.32 Å². The number of benzene rings is 1. The van der Waals surface area contributed by atoms with Crippen LogP contribution in [0.3, 0.4) is 0 Å². The zero-order valence-electron chi connectivity index (χ0n) is 11.4. The lowest BCUT2D eigenvalue weighted by molar-refractivity contribution is 0.431. The van der Waals surface area contributed by atoms with Crippen LogP contribution in [0.5, 0.6) is 0 Å². The molecule has 2 aromatic heterocycles. The highest BCUT2D eigenvalue weighted by atomic mass is 16.5. The molecule has 5 heteroatoms. The Hall–Kier alpha value is -2.53. The molecule has 1 aliphatic heterocycles. The summed E-state index contributed by atoms with van der Waals surface area (Å²) >= 11 is 0. The van der Waals surface area contributed by atoms with Crippen molar-refractivity contribution in [3.05, 3.63) is 53.7 Å². The number of nitrogens with one attached hydrogen (secondary N) is 1. The quantitative estimate of drug-likeness (QED) is 0.780. The second-order valence-corrected chi connectivity index (χ2v) is 5.01. The van der Waals surface area contributed by atoms with Crippen molar-refractivity contribution in [2.24, 2.45) is 0 Å². The molecule has 0 bridgehead atoms. The fourth-order valence-electron chi connectivity index (χ4n) is 2.66. The van der Waals surface area contributed by atoms with Crippen LogP contribution in [-0.4, -0.2) is 21.7 Å². The van der Waals surface area contributed by atoms with Gasteiger partial charge in [0.25, 0.3) is 5.89 Å². The van der Waals surface area contributed by atoms with Crippen LogP contribution in [0, 0.1) is 0 Å². The van der Waals surface area contributed by atoms with E-state index in [0.717, 1.165) is 30.8 Å². The van der Waals surface area contributed by atoms with Gasteiger partial charge in [-0.05, 0) is 42.3 Å². The summed E-state index contributed by atoms with van der Waals surface area (Å²) < 4.78 is 5.45. The third-order valence-corrected chi connectivity index (χ3v) is 3.69. The van der Waals surface area contributed by atoms with Crippen molar-refractivity contribution < 1.29 is 4.52 Å². The summed E-state index contributed by atoms with van der Waals surface area (Å²) in [4.78, 5) is 8.75. The van der Waals surface area contributed by atoms with Gasteiger partial charge in [0.2, 0.25) is 5.82 Å². The number of rotatable bonds is 2. The lowest BCUT2D eigenvalue weighted by Gasteiger charge is -2.18. The normalized spacial score (nSPS) is 13.9. The van der Waals surface area contributed by atoms with E-state index in [4.69, 9.17) is 4.52 Å². The first-order chi connectivity index (χ1) is 10.4. The first-order valence-corrected chi connectivity index (χ1v) is 6.99. The monoisotopic (exact) mass is 278 g/mol. The Kier molecular flexibility index (Phi) is 2.97. The van der Waals surface area contributed by atoms with Crippen molar-refractivity contribution >= 4 is 0 Å². The molecule has 0 saturated heterocycles. The average Bonchev–Trinajstić information content (AvgIpc) is 3.05. The predicted molar refractivity (Wildman–Crippen MR) is 78.4 cm³/mol. The summed E-state index contributed by atoms with van der Waals surface area (Å²) in [5, 5.41) is 7.42. The van der Waals surface area contributed by atoms with Crippen LogP contribution in [0.25, 0.3) is 23.0 Å². The van der Waals surface area contributed by atoms with Gasteiger partial charge in [0.1, 0.15) is 5.69 Å². The third kappa shape index (κ3) is 2.21. The first kappa shape index (κ1) is 12.2. The molecule has 0 unspecified atom stereocenters. The maximum absolute atomic E-state index is 5.45. The standard InChI is InChI=1S/C16H14N4O/c1-2-8-18-14(6-1)15-19-16(21-20-15)13-5-3-4-11-10-17-9-7-12(11)13/h1-6,8,17H,7,9-10H2. The molecular formula is C16H14N4O. The SMILES string of the molecule is c1ccc(-c2noc(-c3cccc4c3CCNC4)n2)nc1. The van der Waals surface area contributed by atoms with Crippen LogP contribution in [0.2, 0.25) is 0 Å². The van der Waals surface area contributed by atoms with E-state index in [1.54, 1.807) is 6.20 Å². The second-order valence-electron chi connectivity index (χ2n) is 5.01. The molecule has 0 atom stereocenters. The number of hydrogen-bond donors (Lipinski definition) is 1. The Morgan fingerprint density at radius 2 is 2.10 bits per heavy atom. The highest BCUT2D eigenvalue weighted by Gasteiger charge is 2.18. The Balaban J connectivity index is 1.77. The fraction of sp³-hybridized carbons (Fsp3) is 0.188. The molecule has 1 aromatic carbocycles. The molecular weight excluding hydrogens is 264 g/mol. The van der Waals surface area contributed by atoms with Crippen molar-refractivity contribution in [3.8, 4) is 23.0 Å². The molecule has 0 amide bonds. The van der Waals surface area contributed by atoms with Gasteiger partial charge in [-0.1, -0.05) is 23.4 Å². The van der Waals surface area contributed by atoms with Gasteiger partial charge in [0.05, 0.1) is 0 Å². The minimum atomic E-state index is 0.525. The lowest BCUT2D eigenvalue weighted by Crippen LogP contribution is -2.24. The zero-order valence-corrected chi connectivity index (χ0v) is 11.4. The fourth-order valence-corrected chi connectivity index (χ4v) is 2.66.